The number of unbranched alkanes of at least 4 members (excludes halogenated alkanes) is 1. The molecule has 120 valence electrons. The highest BCUT2D eigenvalue weighted by atomic mass is 16.5. The Kier molecular flexibility index (Phi) is 9.87. The van der Waals surface area contributed by atoms with Crippen LogP contribution in [0.15, 0.2) is 24.3 Å². The molecule has 0 spiro atoms. The summed E-state index contributed by atoms with van der Waals surface area (Å²) in [5.41, 5.74) is 2.33. The Morgan fingerprint density at radius 1 is 1.05 bits per heavy atom. The molecule has 0 aliphatic heterocycles. The lowest BCUT2D eigenvalue weighted by atomic mass is 10.1. The van der Waals surface area contributed by atoms with Crippen molar-refractivity contribution in [1.82, 2.24) is 0 Å². The second kappa shape index (κ2) is 11.5. The molecule has 0 radical (unpaired) electrons. The average Bonchev–Trinajstić information content (AvgIpc) is 2.52. The van der Waals surface area contributed by atoms with E-state index in [0.717, 1.165) is 31.6 Å². The van der Waals surface area contributed by atoms with Crippen molar-refractivity contribution in [2.75, 3.05) is 38.3 Å². The van der Waals surface area contributed by atoms with Gasteiger partial charge in [-0.25, -0.2) is 0 Å². The third-order valence-electron chi connectivity index (χ3n) is 3.23. The number of nitrogens with one attached hydrogen (secondary N) is 1. The molecule has 4 nitrogen and oxygen atoms in total. The maximum absolute atomic E-state index is 9.82. The topological polar surface area (TPSA) is 50.7 Å². The predicted octanol–water partition coefficient (Wildman–Crippen LogP) is 2.86. The van der Waals surface area contributed by atoms with Crippen LogP contribution in [0.3, 0.4) is 0 Å². The normalized spacial score (nSPS) is 12.3. The number of rotatable bonds is 12. The molecule has 0 amide bonds. The van der Waals surface area contributed by atoms with Gasteiger partial charge in [0.1, 0.15) is 0 Å². The van der Waals surface area contributed by atoms with E-state index in [9.17, 15) is 5.11 Å². The van der Waals surface area contributed by atoms with Gasteiger partial charge in [-0.3, -0.25) is 0 Å². The third-order valence-corrected chi connectivity index (χ3v) is 3.23. The summed E-state index contributed by atoms with van der Waals surface area (Å²) in [6.07, 6.45) is 2.76. The van der Waals surface area contributed by atoms with Crippen molar-refractivity contribution in [2.45, 2.75) is 39.2 Å². The Hall–Kier alpha value is -1.10. The second-order valence-corrected chi connectivity index (χ2v) is 5.13. The van der Waals surface area contributed by atoms with Gasteiger partial charge in [0.05, 0.1) is 25.9 Å². The Balaban J connectivity index is 2.03. The van der Waals surface area contributed by atoms with Gasteiger partial charge in [-0.05, 0) is 30.5 Å². The maximum atomic E-state index is 9.82. The molecule has 0 aromatic heterocycles. The summed E-state index contributed by atoms with van der Waals surface area (Å²) >= 11 is 0. The highest BCUT2D eigenvalue weighted by Crippen LogP contribution is 2.09. The largest absolute Gasteiger partial charge is 0.389 e. The standard InChI is InChI=1S/C17H29NO3/c1-3-5-10-20-11-12-21-14-17(19)13-18-16-8-6-15(4-2)7-9-16/h6-9,17-19H,3-5,10-14H2,1-2H3. The monoisotopic (exact) mass is 295 g/mol. The van der Waals surface area contributed by atoms with Crippen molar-refractivity contribution in [3.8, 4) is 0 Å². The number of anilines is 1. The van der Waals surface area contributed by atoms with Crippen LogP contribution in [0.5, 0.6) is 0 Å². The summed E-state index contributed by atoms with van der Waals surface area (Å²) in [5.74, 6) is 0. The van der Waals surface area contributed by atoms with Crippen LogP contribution in [0.4, 0.5) is 5.69 Å². The molecule has 0 saturated heterocycles. The van der Waals surface area contributed by atoms with E-state index in [2.05, 4.69) is 31.3 Å². The molecule has 2 N–H and O–H groups in total. The van der Waals surface area contributed by atoms with E-state index in [1.807, 2.05) is 12.1 Å². The minimum Gasteiger partial charge on any atom is -0.389 e. The molecule has 0 aliphatic rings. The van der Waals surface area contributed by atoms with Gasteiger partial charge in [0.15, 0.2) is 0 Å². The van der Waals surface area contributed by atoms with Gasteiger partial charge >= 0.3 is 0 Å². The molecule has 1 atom stereocenters. The summed E-state index contributed by atoms with van der Waals surface area (Å²) in [5, 5.41) is 13.0. The zero-order valence-corrected chi connectivity index (χ0v) is 13.3. The molecule has 1 aromatic rings. The molecule has 0 heterocycles. The Morgan fingerprint density at radius 2 is 1.76 bits per heavy atom. The molecular formula is C17H29NO3. The molecule has 1 rings (SSSR count). The second-order valence-electron chi connectivity index (χ2n) is 5.13. The van der Waals surface area contributed by atoms with Crippen molar-refractivity contribution >= 4 is 5.69 Å². The number of aliphatic hydroxyl groups excluding tert-OH is 1. The summed E-state index contributed by atoms with van der Waals surface area (Å²) in [6, 6.07) is 8.26. The Morgan fingerprint density at radius 3 is 2.43 bits per heavy atom. The summed E-state index contributed by atoms with van der Waals surface area (Å²) in [6.45, 7) is 7.01. The van der Waals surface area contributed by atoms with Gasteiger partial charge in [-0.15, -0.1) is 0 Å². The Labute approximate surface area is 128 Å². The number of ether oxygens (including phenoxy) is 2. The SMILES string of the molecule is CCCCOCCOCC(O)CNc1ccc(CC)cc1. The average molecular weight is 295 g/mol. The van der Waals surface area contributed by atoms with E-state index in [-0.39, 0.29) is 0 Å². The van der Waals surface area contributed by atoms with Crippen molar-refractivity contribution in [1.29, 1.82) is 0 Å². The quantitative estimate of drug-likeness (QED) is 0.582. The van der Waals surface area contributed by atoms with E-state index >= 15 is 0 Å². The van der Waals surface area contributed by atoms with Crippen molar-refractivity contribution < 1.29 is 14.6 Å². The first kappa shape index (κ1) is 18.0. The van der Waals surface area contributed by atoms with Crippen molar-refractivity contribution in [3.63, 3.8) is 0 Å². The zero-order valence-electron chi connectivity index (χ0n) is 13.3. The van der Waals surface area contributed by atoms with E-state index in [1.165, 1.54) is 5.56 Å². The van der Waals surface area contributed by atoms with E-state index in [1.54, 1.807) is 0 Å². The first-order valence-corrected chi connectivity index (χ1v) is 7.92. The van der Waals surface area contributed by atoms with Crippen LogP contribution in [-0.4, -0.2) is 44.2 Å². The highest BCUT2D eigenvalue weighted by molar-refractivity contribution is 5.44. The van der Waals surface area contributed by atoms with E-state index in [4.69, 9.17) is 9.47 Å². The lowest BCUT2D eigenvalue weighted by Crippen LogP contribution is -2.25. The first-order chi connectivity index (χ1) is 10.3. The number of benzene rings is 1. The van der Waals surface area contributed by atoms with Crippen LogP contribution in [-0.2, 0) is 15.9 Å². The number of hydrogen-bond acceptors (Lipinski definition) is 4. The summed E-state index contributed by atoms with van der Waals surface area (Å²) < 4.78 is 10.8. The smallest absolute Gasteiger partial charge is 0.0945 e. The molecular weight excluding hydrogens is 266 g/mol. The van der Waals surface area contributed by atoms with E-state index < -0.39 is 6.10 Å². The lowest BCUT2D eigenvalue weighted by Gasteiger charge is -2.13. The molecule has 1 aromatic carbocycles. The Bertz CT molecular complexity index is 354. The zero-order chi connectivity index (χ0) is 15.3. The fourth-order valence-electron chi connectivity index (χ4n) is 1.84. The maximum Gasteiger partial charge on any atom is 0.0945 e. The molecule has 0 aliphatic carbocycles. The molecule has 4 heteroatoms. The van der Waals surface area contributed by atoms with Crippen molar-refractivity contribution in [3.05, 3.63) is 29.8 Å². The molecule has 0 fully saturated rings. The summed E-state index contributed by atoms with van der Waals surface area (Å²) in [4.78, 5) is 0. The molecule has 21 heavy (non-hydrogen) atoms. The number of hydrogen-bond donors (Lipinski definition) is 2. The van der Waals surface area contributed by atoms with Crippen molar-refractivity contribution in [2.24, 2.45) is 0 Å². The minimum absolute atomic E-state index is 0.331. The van der Waals surface area contributed by atoms with E-state index in [0.29, 0.717) is 26.4 Å². The minimum atomic E-state index is -0.508. The fourth-order valence-corrected chi connectivity index (χ4v) is 1.84. The van der Waals surface area contributed by atoms with Gasteiger partial charge in [0, 0.05) is 18.8 Å². The van der Waals surface area contributed by atoms with Gasteiger partial charge in [-0.1, -0.05) is 32.4 Å². The first-order valence-electron chi connectivity index (χ1n) is 7.92. The van der Waals surface area contributed by atoms with Gasteiger partial charge < -0.3 is 19.9 Å². The predicted molar refractivity (Wildman–Crippen MR) is 86.9 cm³/mol. The molecule has 1 unspecified atom stereocenters. The van der Waals surface area contributed by atoms with Crippen LogP contribution >= 0.6 is 0 Å². The fraction of sp³-hybridized carbons (Fsp3) is 0.647. The van der Waals surface area contributed by atoms with Gasteiger partial charge in [-0.2, -0.15) is 0 Å². The van der Waals surface area contributed by atoms with Crippen LogP contribution in [0.25, 0.3) is 0 Å². The van der Waals surface area contributed by atoms with Gasteiger partial charge in [0.25, 0.3) is 0 Å². The highest BCUT2D eigenvalue weighted by Gasteiger charge is 2.04. The molecule has 0 saturated carbocycles. The third kappa shape index (κ3) is 8.71. The van der Waals surface area contributed by atoms with Crippen LogP contribution in [0.1, 0.15) is 32.3 Å². The van der Waals surface area contributed by atoms with Crippen LogP contribution < -0.4 is 5.32 Å². The van der Waals surface area contributed by atoms with Gasteiger partial charge in [0.2, 0.25) is 0 Å². The van der Waals surface area contributed by atoms with Crippen LogP contribution in [0, 0.1) is 0 Å². The summed E-state index contributed by atoms with van der Waals surface area (Å²) in [7, 11) is 0. The number of aliphatic hydroxyl groups is 1. The number of aryl methyl sites for hydroxylation is 1. The van der Waals surface area contributed by atoms with Crippen LogP contribution in [0.2, 0.25) is 0 Å². The lowest BCUT2D eigenvalue weighted by molar-refractivity contribution is 0.00749. The molecule has 0 bridgehead atoms.